The molecule has 0 unspecified atom stereocenters. The fourth-order valence-electron chi connectivity index (χ4n) is 2.62. The third-order valence-corrected chi connectivity index (χ3v) is 3.70. The number of nitrogens with zero attached hydrogens (tertiary/aromatic N) is 6. The van der Waals surface area contributed by atoms with Crippen LogP contribution in [0.1, 0.15) is 6.23 Å². The Bertz CT molecular complexity index is 800. The number of tetrazole rings is 1. The molecule has 3 aromatic rings. The lowest BCUT2D eigenvalue weighted by Gasteiger charge is -2.17. The summed E-state index contributed by atoms with van der Waals surface area (Å²) in [6.07, 6.45) is -0.855. The van der Waals surface area contributed by atoms with E-state index < -0.39 is 24.5 Å². The molecule has 0 aromatic carbocycles. The van der Waals surface area contributed by atoms with Crippen LogP contribution < -0.4 is 0 Å². The van der Waals surface area contributed by atoms with Crippen LogP contribution >= 0.6 is 0 Å². The molecule has 4 atom stereocenters. The Kier molecular flexibility index (Phi) is 2.65. The molecule has 0 spiro atoms. The van der Waals surface area contributed by atoms with Gasteiger partial charge in [-0.1, -0.05) is 0 Å². The Morgan fingerprint density at radius 2 is 2.10 bits per heavy atom. The Labute approximate surface area is 117 Å². The minimum Gasteiger partial charge on any atom is -0.394 e. The Morgan fingerprint density at radius 3 is 2.86 bits per heavy atom. The lowest BCUT2D eigenvalue weighted by Crippen LogP contribution is -2.33. The van der Waals surface area contributed by atoms with Crippen molar-refractivity contribution in [3.05, 3.63) is 18.6 Å². The Hall–Kier alpha value is -2.14. The largest absolute Gasteiger partial charge is 0.394 e. The van der Waals surface area contributed by atoms with Crippen molar-refractivity contribution in [3.63, 3.8) is 0 Å². The number of aromatic nitrogens is 6. The van der Waals surface area contributed by atoms with E-state index in [1.165, 1.54) is 10.8 Å². The van der Waals surface area contributed by atoms with Gasteiger partial charge in [-0.2, -0.15) is 4.52 Å². The second-order valence-corrected chi connectivity index (χ2v) is 4.88. The van der Waals surface area contributed by atoms with Crippen molar-refractivity contribution in [1.82, 2.24) is 29.6 Å². The molecule has 0 aliphatic carbocycles. The molecule has 21 heavy (non-hydrogen) atoms. The van der Waals surface area contributed by atoms with Crippen molar-refractivity contribution < 1.29 is 20.1 Å². The minimum atomic E-state index is -1.16. The van der Waals surface area contributed by atoms with Crippen molar-refractivity contribution in [3.8, 4) is 0 Å². The maximum absolute atomic E-state index is 10.1. The van der Waals surface area contributed by atoms with Gasteiger partial charge < -0.3 is 24.6 Å². The predicted octanol–water partition coefficient (Wildman–Crippen LogP) is -1.91. The Balaban J connectivity index is 1.84. The zero-order valence-electron chi connectivity index (χ0n) is 10.7. The zero-order valence-corrected chi connectivity index (χ0v) is 10.7. The van der Waals surface area contributed by atoms with E-state index in [9.17, 15) is 10.2 Å². The van der Waals surface area contributed by atoms with Crippen molar-refractivity contribution in [2.45, 2.75) is 24.5 Å². The molecule has 1 fully saturated rings. The second kappa shape index (κ2) is 4.43. The van der Waals surface area contributed by atoms with Gasteiger partial charge in [-0.3, -0.25) is 0 Å². The molecule has 0 saturated carbocycles. The maximum atomic E-state index is 10.1. The second-order valence-electron chi connectivity index (χ2n) is 4.88. The normalized spacial score (nSPS) is 29.7. The van der Waals surface area contributed by atoms with E-state index >= 15 is 0 Å². The van der Waals surface area contributed by atoms with Gasteiger partial charge in [0.2, 0.25) is 0 Å². The van der Waals surface area contributed by atoms with Gasteiger partial charge in [0.05, 0.1) is 12.0 Å². The molecule has 10 nitrogen and oxygen atoms in total. The summed E-state index contributed by atoms with van der Waals surface area (Å²) in [5.74, 6) is 0. The van der Waals surface area contributed by atoms with Crippen LogP contribution in [-0.2, 0) is 4.74 Å². The average molecular weight is 292 g/mol. The summed E-state index contributed by atoms with van der Waals surface area (Å²) in [6.45, 7) is -0.375. The van der Waals surface area contributed by atoms with E-state index in [1.807, 2.05) is 0 Å². The summed E-state index contributed by atoms with van der Waals surface area (Å²) in [6, 6.07) is 1.75. The summed E-state index contributed by atoms with van der Waals surface area (Å²) < 4.78 is 8.52. The molecule has 10 heteroatoms. The molecule has 0 radical (unpaired) electrons. The van der Waals surface area contributed by atoms with Gasteiger partial charge in [0.1, 0.15) is 30.3 Å². The first-order valence-electron chi connectivity index (χ1n) is 6.36. The van der Waals surface area contributed by atoms with Gasteiger partial charge in [-0.05, 0) is 16.5 Å². The highest BCUT2D eigenvalue weighted by Crippen LogP contribution is 2.32. The highest BCUT2D eigenvalue weighted by molar-refractivity contribution is 5.89. The van der Waals surface area contributed by atoms with Crippen molar-refractivity contribution in [2.24, 2.45) is 0 Å². The molecule has 0 bridgehead atoms. The summed E-state index contributed by atoms with van der Waals surface area (Å²) in [5.41, 5.74) is 1.05. The first-order valence-corrected chi connectivity index (χ1v) is 6.36. The quantitative estimate of drug-likeness (QED) is 0.498. The number of hydrogen-bond acceptors (Lipinski definition) is 8. The molecule has 3 N–H and O–H groups in total. The fourth-order valence-corrected chi connectivity index (χ4v) is 2.62. The third kappa shape index (κ3) is 1.67. The van der Waals surface area contributed by atoms with Crippen molar-refractivity contribution in [2.75, 3.05) is 6.61 Å². The molecular weight excluding hydrogens is 280 g/mol. The standard InChI is InChI=1S/C11H12N6O4/c18-3-6-7(19)8(20)11(21-6)16-2-1-5-9(16)12-4-17-10(5)13-14-15-17/h1-2,4,6-8,11,18-20H,3H2/t6-,7+,8-,11+/m0/s1. The highest BCUT2D eigenvalue weighted by atomic mass is 16.6. The van der Waals surface area contributed by atoms with Crippen LogP contribution in [0.5, 0.6) is 0 Å². The van der Waals surface area contributed by atoms with E-state index in [0.29, 0.717) is 16.7 Å². The summed E-state index contributed by atoms with van der Waals surface area (Å²) in [7, 11) is 0. The first-order chi connectivity index (χ1) is 10.2. The van der Waals surface area contributed by atoms with Crippen LogP contribution in [0.2, 0.25) is 0 Å². The SMILES string of the molecule is OC[C@@H]1O[C@@H](n2ccc3c2ncn2nnnc32)[C@@H](O)[C@@H]1O. The predicted molar refractivity (Wildman–Crippen MR) is 67.1 cm³/mol. The third-order valence-electron chi connectivity index (χ3n) is 3.70. The number of aliphatic hydroxyl groups is 3. The summed E-state index contributed by atoms with van der Waals surface area (Å²) >= 11 is 0. The lowest BCUT2D eigenvalue weighted by atomic mass is 10.1. The van der Waals surface area contributed by atoms with E-state index in [1.54, 1.807) is 16.8 Å². The number of rotatable bonds is 2. The molecular formula is C11H12N6O4. The van der Waals surface area contributed by atoms with Gasteiger partial charge in [0, 0.05) is 6.20 Å². The highest BCUT2D eigenvalue weighted by Gasteiger charge is 2.43. The molecule has 0 amide bonds. The van der Waals surface area contributed by atoms with Crippen LogP contribution in [0.3, 0.4) is 0 Å². The van der Waals surface area contributed by atoms with Gasteiger partial charge in [0.25, 0.3) is 0 Å². The number of aliphatic hydroxyl groups excluding tert-OH is 3. The van der Waals surface area contributed by atoms with Gasteiger partial charge >= 0.3 is 0 Å². The van der Waals surface area contributed by atoms with Crippen LogP contribution in [0.15, 0.2) is 18.6 Å². The van der Waals surface area contributed by atoms with Crippen molar-refractivity contribution >= 4 is 16.7 Å². The van der Waals surface area contributed by atoms with Gasteiger partial charge in [0.15, 0.2) is 11.9 Å². The average Bonchev–Trinajstić information content (AvgIpc) is 3.17. The van der Waals surface area contributed by atoms with E-state index in [0.717, 1.165) is 0 Å². The molecule has 1 aliphatic rings. The smallest absolute Gasteiger partial charge is 0.192 e. The minimum absolute atomic E-state index is 0.375. The first kappa shape index (κ1) is 12.6. The van der Waals surface area contributed by atoms with Crippen LogP contribution in [-0.4, -0.2) is 69.8 Å². The molecule has 4 heterocycles. The van der Waals surface area contributed by atoms with E-state index in [4.69, 9.17) is 9.84 Å². The monoisotopic (exact) mass is 292 g/mol. The molecule has 3 aromatic heterocycles. The van der Waals surface area contributed by atoms with Gasteiger partial charge in [-0.25, -0.2) is 4.98 Å². The number of hydrogen-bond donors (Lipinski definition) is 3. The molecule has 110 valence electrons. The van der Waals surface area contributed by atoms with Crippen molar-refractivity contribution in [1.29, 1.82) is 0 Å². The van der Waals surface area contributed by atoms with Crippen LogP contribution in [0.4, 0.5) is 0 Å². The van der Waals surface area contributed by atoms with E-state index in [2.05, 4.69) is 20.5 Å². The molecule has 1 saturated heterocycles. The van der Waals surface area contributed by atoms with Gasteiger partial charge in [-0.15, -0.1) is 5.10 Å². The van der Waals surface area contributed by atoms with E-state index in [-0.39, 0.29) is 6.61 Å². The number of fused-ring (bicyclic) bond motifs is 3. The zero-order chi connectivity index (χ0) is 14.6. The molecule has 4 rings (SSSR count). The maximum Gasteiger partial charge on any atom is 0.192 e. The fraction of sp³-hybridized carbons (Fsp3) is 0.455. The summed E-state index contributed by atoms with van der Waals surface area (Å²) in [5, 5.41) is 41.0. The van der Waals surface area contributed by atoms with Crippen LogP contribution in [0, 0.1) is 0 Å². The lowest BCUT2D eigenvalue weighted by molar-refractivity contribution is -0.0508. The molecule has 1 aliphatic heterocycles. The Morgan fingerprint density at radius 1 is 1.24 bits per heavy atom. The number of ether oxygens (including phenoxy) is 1. The summed E-state index contributed by atoms with van der Waals surface area (Å²) in [4.78, 5) is 4.24. The topological polar surface area (TPSA) is 131 Å². The van der Waals surface area contributed by atoms with Crippen LogP contribution in [0.25, 0.3) is 16.7 Å².